The van der Waals surface area contributed by atoms with E-state index in [0.29, 0.717) is 10.0 Å². The lowest BCUT2D eigenvalue weighted by molar-refractivity contribution is 0.411. The number of hydrogen-bond acceptors (Lipinski definition) is 3. The molecule has 19 heavy (non-hydrogen) atoms. The highest BCUT2D eigenvalue weighted by Gasteiger charge is 2.06. The molecule has 0 aliphatic rings. The number of nitrogen functional groups attached to an aromatic ring is 1. The molecule has 0 bridgehead atoms. The van der Waals surface area contributed by atoms with Crippen molar-refractivity contribution in [2.45, 2.75) is 10.6 Å². The Morgan fingerprint density at radius 2 is 1.89 bits per heavy atom. The fourth-order valence-electron chi connectivity index (χ4n) is 1.64. The van der Waals surface area contributed by atoms with Gasteiger partial charge in [-0.15, -0.1) is 11.8 Å². The third-order valence-corrected chi connectivity index (χ3v) is 4.37. The highest BCUT2D eigenvalue weighted by atomic mass is 35.5. The van der Waals surface area contributed by atoms with Crippen LogP contribution in [0.25, 0.3) is 0 Å². The first-order valence-corrected chi connectivity index (χ1v) is 7.34. The average molecular weight is 314 g/mol. The Hall–Kier alpha value is -1.03. The predicted molar refractivity (Wildman–Crippen MR) is 83.4 cm³/mol. The number of nitrogens with two attached hydrogens (primary N) is 1. The van der Waals surface area contributed by atoms with Crippen LogP contribution in [0.2, 0.25) is 10.0 Å². The molecule has 0 radical (unpaired) electrons. The fourth-order valence-corrected chi connectivity index (χ4v) is 2.92. The summed E-state index contributed by atoms with van der Waals surface area (Å²) in [7, 11) is 1.65. The lowest BCUT2D eigenvalue weighted by atomic mass is 10.2. The number of benzene rings is 2. The predicted octanol–water partition coefficient (Wildman–Crippen LogP) is 4.88. The van der Waals surface area contributed by atoms with Crippen LogP contribution in [-0.4, -0.2) is 7.11 Å². The molecule has 2 aromatic carbocycles. The maximum absolute atomic E-state index is 5.99. The molecule has 2 nitrogen and oxygen atoms in total. The third-order valence-electron chi connectivity index (χ3n) is 2.59. The summed E-state index contributed by atoms with van der Waals surface area (Å²) in [5.41, 5.74) is 7.57. The van der Waals surface area contributed by atoms with Crippen molar-refractivity contribution in [1.82, 2.24) is 0 Å². The van der Waals surface area contributed by atoms with Gasteiger partial charge < -0.3 is 10.5 Å². The van der Waals surface area contributed by atoms with Crippen LogP contribution in [0, 0.1) is 0 Å². The first kappa shape index (κ1) is 14.4. The number of thioether (sulfide) groups is 1. The molecule has 0 aliphatic carbocycles. The second kappa shape index (κ2) is 6.42. The number of rotatable bonds is 4. The minimum Gasteiger partial charge on any atom is -0.496 e. The van der Waals surface area contributed by atoms with Gasteiger partial charge in [-0.3, -0.25) is 0 Å². The van der Waals surface area contributed by atoms with E-state index in [2.05, 4.69) is 0 Å². The summed E-state index contributed by atoms with van der Waals surface area (Å²) < 4.78 is 5.32. The Morgan fingerprint density at radius 3 is 2.58 bits per heavy atom. The zero-order chi connectivity index (χ0) is 13.8. The molecule has 5 heteroatoms. The zero-order valence-electron chi connectivity index (χ0n) is 10.3. The van der Waals surface area contributed by atoms with Gasteiger partial charge >= 0.3 is 0 Å². The monoisotopic (exact) mass is 313 g/mol. The molecule has 0 saturated heterocycles. The molecule has 0 heterocycles. The van der Waals surface area contributed by atoms with Crippen LogP contribution >= 0.6 is 35.0 Å². The van der Waals surface area contributed by atoms with Crippen LogP contribution in [0.5, 0.6) is 5.75 Å². The van der Waals surface area contributed by atoms with Gasteiger partial charge in [-0.1, -0.05) is 23.2 Å². The first-order chi connectivity index (χ1) is 9.10. The highest BCUT2D eigenvalue weighted by molar-refractivity contribution is 7.98. The van der Waals surface area contributed by atoms with Gasteiger partial charge in [0.1, 0.15) is 5.75 Å². The first-order valence-electron chi connectivity index (χ1n) is 5.60. The van der Waals surface area contributed by atoms with E-state index < -0.39 is 0 Å². The molecular weight excluding hydrogens is 301 g/mol. The maximum Gasteiger partial charge on any atom is 0.123 e. The van der Waals surface area contributed by atoms with E-state index in [1.807, 2.05) is 30.3 Å². The van der Waals surface area contributed by atoms with Crippen molar-refractivity contribution in [1.29, 1.82) is 0 Å². The quantitative estimate of drug-likeness (QED) is 0.645. The van der Waals surface area contributed by atoms with Crippen molar-refractivity contribution in [3.8, 4) is 5.75 Å². The molecule has 2 N–H and O–H groups in total. The van der Waals surface area contributed by atoms with Crippen molar-refractivity contribution in [3.63, 3.8) is 0 Å². The average Bonchev–Trinajstić information content (AvgIpc) is 2.40. The minimum atomic E-state index is 0.561. The second-order valence-corrected chi connectivity index (χ2v) is 5.80. The molecule has 0 spiro atoms. The van der Waals surface area contributed by atoms with E-state index in [1.165, 1.54) is 0 Å². The van der Waals surface area contributed by atoms with E-state index >= 15 is 0 Å². The number of hydrogen-bond donors (Lipinski definition) is 1. The normalized spacial score (nSPS) is 10.5. The van der Waals surface area contributed by atoms with Crippen molar-refractivity contribution >= 4 is 40.7 Å². The van der Waals surface area contributed by atoms with Gasteiger partial charge in [0.25, 0.3) is 0 Å². The molecule has 0 unspecified atom stereocenters. The summed E-state index contributed by atoms with van der Waals surface area (Å²) in [5, 5.41) is 1.12. The number of methoxy groups -OCH3 is 1. The van der Waals surface area contributed by atoms with E-state index in [1.54, 1.807) is 24.9 Å². The second-order valence-electron chi connectivity index (χ2n) is 3.94. The Morgan fingerprint density at radius 1 is 1.11 bits per heavy atom. The Labute approximate surface area is 126 Å². The summed E-state index contributed by atoms with van der Waals surface area (Å²) in [4.78, 5) is 1.05. The number of halogens is 2. The van der Waals surface area contributed by atoms with Gasteiger partial charge in [0.05, 0.1) is 17.2 Å². The van der Waals surface area contributed by atoms with Gasteiger partial charge in [0.2, 0.25) is 0 Å². The van der Waals surface area contributed by atoms with Crippen molar-refractivity contribution < 1.29 is 4.74 Å². The van der Waals surface area contributed by atoms with Crippen LogP contribution < -0.4 is 10.5 Å². The molecule has 0 aliphatic heterocycles. The van der Waals surface area contributed by atoms with E-state index in [0.717, 1.165) is 27.6 Å². The minimum absolute atomic E-state index is 0.561. The molecule has 2 aromatic rings. The molecule has 100 valence electrons. The molecule has 0 amide bonds. The van der Waals surface area contributed by atoms with Gasteiger partial charge in [0.15, 0.2) is 0 Å². The van der Waals surface area contributed by atoms with Crippen LogP contribution in [-0.2, 0) is 5.75 Å². The van der Waals surface area contributed by atoms with E-state index in [9.17, 15) is 0 Å². The molecule has 0 fully saturated rings. The van der Waals surface area contributed by atoms with Crippen molar-refractivity contribution in [3.05, 3.63) is 52.0 Å². The summed E-state index contributed by atoms with van der Waals surface area (Å²) in [5.74, 6) is 1.59. The fraction of sp³-hybridized carbons (Fsp3) is 0.143. The van der Waals surface area contributed by atoms with Crippen molar-refractivity contribution in [2.75, 3.05) is 12.8 Å². The molecule has 0 aromatic heterocycles. The number of anilines is 1. The Balaban J connectivity index is 2.13. The molecule has 0 atom stereocenters. The topological polar surface area (TPSA) is 35.2 Å². The van der Waals surface area contributed by atoms with Gasteiger partial charge in [-0.05, 0) is 36.4 Å². The van der Waals surface area contributed by atoms with Gasteiger partial charge in [-0.2, -0.15) is 0 Å². The lowest BCUT2D eigenvalue weighted by Gasteiger charge is -2.09. The summed E-state index contributed by atoms with van der Waals surface area (Å²) in [6.07, 6.45) is 0. The summed E-state index contributed by atoms with van der Waals surface area (Å²) in [6.45, 7) is 0. The van der Waals surface area contributed by atoms with E-state index in [4.69, 9.17) is 33.7 Å². The molecular formula is C14H13Cl2NOS. The molecule has 2 rings (SSSR count). The van der Waals surface area contributed by atoms with E-state index in [-0.39, 0.29) is 0 Å². The highest BCUT2D eigenvalue weighted by Crippen LogP contribution is 2.32. The smallest absolute Gasteiger partial charge is 0.123 e. The largest absolute Gasteiger partial charge is 0.496 e. The summed E-state index contributed by atoms with van der Waals surface area (Å²) in [6, 6.07) is 11.2. The van der Waals surface area contributed by atoms with Gasteiger partial charge in [-0.25, -0.2) is 0 Å². The molecule has 0 saturated carbocycles. The van der Waals surface area contributed by atoms with Crippen LogP contribution in [0.3, 0.4) is 0 Å². The van der Waals surface area contributed by atoms with Crippen molar-refractivity contribution in [2.24, 2.45) is 0 Å². The lowest BCUT2D eigenvalue weighted by Crippen LogP contribution is -1.93. The van der Waals surface area contributed by atoms with Gasteiger partial charge in [0, 0.05) is 21.9 Å². The maximum atomic E-state index is 5.99. The SMILES string of the molecule is COc1ccc(N)cc1CSc1ccc(Cl)c(Cl)c1. The standard InChI is InChI=1S/C14H13Cl2NOS/c1-18-14-5-2-10(17)6-9(14)8-19-11-3-4-12(15)13(16)7-11/h2-7H,8,17H2,1H3. The van der Waals surface area contributed by atoms with Crippen LogP contribution in [0.15, 0.2) is 41.3 Å². The summed E-state index contributed by atoms with van der Waals surface area (Å²) >= 11 is 13.5. The number of ether oxygens (including phenoxy) is 1. The Bertz CT molecular complexity index is 590. The van der Waals surface area contributed by atoms with Crippen LogP contribution in [0.1, 0.15) is 5.56 Å². The zero-order valence-corrected chi connectivity index (χ0v) is 12.6. The Kier molecular flexibility index (Phi) is 4.86. The van der Waals surface area contributed by atoms with Crippen LogP contribution in [0.4, 0.5) is 5.69 Å². The third kappa shape index (κ3) is 3.72.